The fourth-order valence-corrected chi connectivity index (χ4v) is 17.3. The van der Waals surface area contributed by atoms with Crippen LogP contribution in [-0.4, -0.2) is 0 Å². The van der Waals surface area contributed by atoms with Crippen LogP contribution in [0, 0.1) is 0 Å². The molecule has 0 atom stereocenters. The van der Waals surface area contributed by atoms with E-state index >= 15 is 0 Å². The van der Waals surface area contributed by atoms with Crippen molar-refractivity contribution in [3.63, 3.8) is 0 Å². The van der Waals surface area contributed by atoms with Gasteiger partial charge in [0.1, 0.15) is 22.3 Å². The Morgan fingerprint density at radius 2 is 0.328 bits per heavy atom. The van der Waals surface area contributed by atoms with Crippen LogP contribution < -0.4 is 19.6 Å². The third-order valence-corrected chi connectivity index (χ3v) is 25.0. The molecule has 0 bridgehead atoms. The van der Waals surface area contributed by atoms with Crippen molar-refractivity contribution in [1.29, 1.82) is 0 Å². The summed E-state index contributed by atoms with van der Waals surface area (Å²) in [5.74, 6) is 1.90. The molecule has 0 radical (unpaired) electrons. The number of hydrogen-bond acceptors (Lipinski definition) is 6. The highest BCUT2D eigenvalue weighted by Crippen LogP contribution is 2.47. The van der Waals surface area contributed by atoms with Crippen LogP contribution in [0.5, 0.6) is 0 Å². The van der Waals surface area contributed by atoms with Crippen molar-refractivity contribution in [3.05, 3.63) is 360 Å². The van der Waals surface area contributed by atoms with Crippen LogP contribution in [0.3, 0.4) is 0 Å². The molecule has 0 saturated heterocycles. The maximum atomic E-state index is 6.76. The molecule has 18 aromatic rings. The van der Waals surface area contributed by atoms with Crippen molar-refractivity contribution in [2.75, 3.05) is 19.6 Å². The molecule has 0 aliphatic rings. The number of furan rings is 2. The first-order valence-corrected chi connectivity index (χ1v) is 43.9. The van der Waals surface area contributed by atoms with Crippen LogP contribution in [0.1, 0.15) is 207 Å². The quantitative estimate of drug-likeness (QED) is 0.0960. The van der Waals surface area contributed by atoms with Gasteiger partial charge < -0.3 is 28.4 Å². The highest BCUT2D eigenvalue weighted by Gasteiger charge is 2.26. The zero-order valence-electron chi connectivity index (χ0n) is 74.9. The maximum absolute atomic E-state index is 6.76. The molecule has 2 aromatic heterocycles. The lowest BCUT2D eigenvalue weighted by Gasteiger charge is -2.28. The molecule has 18 rings (SSSR count). The smallest absolute Gasteiger partial charge is 0.136 e. The number of benzene rings is 16. The van der Waals surface area contributed by atoms with Crippen molar-refractivity contribution in [2.24, 2.45) is 0 Å². The Bertz CT molecular complexity index is 6220. The lowest BCUT2D eigenvalue weighted by Crippen LogP contribution is -2.14. The summed E-state index contributed by atoms with van der Waals surface area (Å²) in [6.45, 7) is 45.2. The Kier molecular flexibility index (Phi) is 21.5. The Morgan fingerprint density at radius 1 is 0.172 bits per heavy atom. The molecule has 0 saturated carbocycles. The second kappa shape index (κ2) is 32.1. The lowest BCUT2D eigenvalue weighted by atomic mass is 9.86. The minimum Gasteiger partial charge on any atom is -0.456 e. The van der Waals surface area contributed by atoms with Crippen LogP contribution in [0.15, 0.2) is 324 Å². The molecule has 16 aromatic carbocycles. The van der Waals surface area contributed by atoms with Crippen molar-refractivity contribution in [2.45, 2.75) is 184 Å². The van der Waals surface area contributed by atoms with Gasteiger partial charge >= 0.3 is 0 Å². The highest BCUT2D eigenvalue weighted by atomic mass is 16.3. The molecule has 0 aliphatic carbocycles. The molecule has 0 aliphatic heterocycles. The van der Waals surface area contributed by atoms with Crippen LogP contribution in [0.25, 0.3) is 87.0 Å². The Morgan fingerprint density at radius 3 is 0.484 bits per heavy atom. The first kappa shape index (κ1) is 81.7. The molecule has 0 spiro atoms. The zero-order valence-corrected chi connectivity index (χ0v) is 74.9. The minimum atomic E-state index is 0.0744. The van der Waals surface area contributed by atoms with E-state index in [0.717, 1.165) is 134 Å². The first-order valence-electron chi connectivity index (χ1n) is 43.9. The molecular weight excluding hydrogens is 1480 g/mol. The van der Waals surface area contributed by atoms with Crippen LogP contribution in [0.2, 0.25) is 0 Å². The van der Waals surface area contributed by atoms with Gasteiger partial charge in [-0.2, -0.15) is 0 Å². The van der Waals surface area contributed by atoms with Gasteiger partial charge in [-0.15, -0.1) is 0 Å². The van der Waals surface area contributed by atoms with E-state index in [-0.39, 0.29) is 21.7 Å². The summed E-state index contributed by atoms with van der Waals surface area (Å²) < 4.78 is 13.5. The van der Waals surface area contributed by atoms with Gasteiger partial charge in [-0.25, -0.2) is 0 Å². The molecular formula is C116H116N4O2. The van der Waals surface area contributed by atoms with Gasteiger partial charge in [0.05, 0.1) is 0 Å². The summed E-state index contributed by atoms with van der Waals surface area (Å²) in [5.41, 5.74) is 28.0. The molecule has 0 N–H and O–H groups in total. The monoisotopic (exact) mass is 1600 g/mol. The minimum absolute atomic E-state index is 0.0744. The zero-order chi connectivity index (χ0) is 85.6. The van der Waals surface area contributed by atoms with E-state index in [1.54, 1.807) is 0 Å². The standard InChI is InChI=1S/C60H62N2O.C56H54N2O/c1-57(2,3)43-15-25-47(26-16-43)61(48-27-17-44(18-28-48)58(4,5)6)51-23-13-39-35-53-54-36-40-14-24-52(34-42(40)38-56(54)63-55(53)37-41(39)33-51)62(49-29-19-45(20-30-49)59(7,8)9)50-31-21-46(22-32-50)60(10,11)12;1-35(2)39-9-19-47(20-10-39)57(48-21-11-40(12-22-48)36(3)4)51-27-17-43-31-53-54-32-44-18-28-52(30-46(44)34-56(54)59-55(53)33-45(43)29-51)58(49-23-13-41(14-24-49)37(5)6)50-25-15-42(16-26-50)38(7)8/h13-38H,1-12H3;9-38H,1-8H3. The van der Waals surface area contributed by atoms with Crippen LogP contribution in [-0.2, 0) is 21.7 Å². The summed E-state index contributed by atoms with van der Waals surface area (Å²) in [6.07, 6.45) is 0. The van der Waals surface area contributed by atoms with Crippen molar-refractivity contribution in [1.82, 2.24) is 0 Å². The van der Waals surface area contributed by atoms with Gasteiger partial charge in [-0.3, -0.25) is 0 Å². The molecule has 0 amide bonds. The largest absolute Gasteiger partial charge is 0.456 e. The lowest BCUT2D eigenvalue weighted by molar-refractivity contribution is 0.590. The maximum Gasteiger partial charge on any atom is 0.136 e. The second-order valence-corrected chi connectivity index (χ2v) is 39.2. The average molecular weight is 1600 g/mol. The van der Waals surface area contributed by atoms with E-state index in [0.29, 0.717) is 23.7 Å². The third kappa shape index (κ3) is 16.5. The third-order valence-electron chi connectivity index (χ3n) is 25.0. The van der Waals surface area contributed by atoms with E-state index in [4.69, 9.17) is 8.83 Å². The van der Waals surface area contributed by atoms with Gasteiger partial charge in [0.25, 0.3) is 0 Å². The average Bonchev–Trinajstić information content (AvgIpc) is 1.49. The van der Waals surface area contributed by atoms with Gasteiger partial charge in [0, 0.05) is 89.8 Å². The fraction of sp³-hybridized carbons (Fsp3) is 0.241. The second-order valence-electron chi connectivity index (χ2n) is 39.2. The Balaban J connectivity index is 0.000000174. The van der Waals surface area contributed by atoms with Gasteiger partial charge in [0.15, 0.2) is 0 Å². The number of fused-ring (bicyclic) bond motifs is 10. The predicted octanol–water partition coefficient (Wildman–Crippen LogP) is 35.3. The summed E-state index contributed by atoms with van der Waals surface area (Å²) >= 11 is 0. The van der Waals surface area contributed by atoms with Crippen LogP contribution >= 0.6 is 0 Å². The normalized spacial score (nSPS) is 12.4. The molecule has 6 heteroatoms. The fourth-order valence-electron chi connectivity index (χ4n) is 17.3. The molecule has 6 nitrogen and oxygen atoms in total. The SMILES string of the molecule is CC(C)(C)c1ccc(N(c2ccc(C(C)(C)C)cc2)c2ccc3cc4c(cc3c2)oc2cc3cc(N(c5ccc(C(C)(C)C)cc5)c5ccc(C(C)(C)C)cc5)ccc3cc24)cc1.CC(C)c1ccc(N(c2ccc(C(C)C)cc2)c2ccc3cc4c(cc3c2)oc2cc3cc(N(c5ccc(C(C)C)cc5)c5ccc(C(C)C)cc5)ccc3cc24)cc1. The summed E-state index contributed by atoms with van der Waals surface area (Å²) in [6, 6.07) is 118. The molecule has 122 heavy (non-hydrogen) atoms. The highest BCUT2D eigenvalue weighted by molar-refractivity contribution is 6.16. The molecule has 2 heterocycles. The molecule has 0 unspecified atom stereocenters. The Hall–Kier alpha value is -12.6. The van der Waals surface area contributed by atoms with E-state index in [2.05, 4.69) is 474 Å². The molecule has 612 valence electrons. The molecule has 0 fully saturated rings. The van der Waals surface area contributed by atoms with Crippen LogP contribution in [0.4, 0.5) is 68.2 Å². The first-order chi connectivity index (χ1) is 58.2. The van der Waals surface area contributed by atoms with Gasteiger partial charge in [-0.1, -0.05) is 260 Å². The van der Waals surface area contributed by atoms with E-state index in [1.165, 1.54) is 66.1 Å². The summed E-state index contributed by atoms with van der Waals surface area (Å²) in [7, 11) is 0. The topological polar surface area (TPSA) is 39.2 Å². The van der Waals surface area contributed by atoms with E-state index in [1.807, 2.05) is 0 Å². The van der Waals surface area contributed by atoms with E-state index < -0.39 is 0 Å². The van der Waals surface area contributed by atoms with Crippen molar-refractivity contribution >= 4 is 155 Å². The van der Waals surface area contributed by atoms with Crippen molar-refractivity contribution < 1.29 is 8.83 Å². The number of nitrogens with zero attached hydrogens (tertiary/aromatic N) is 4. The number of rotatable bonds is 16. The number of hydrogen-bond donors (Lipinski definition) is 0. The summed E-state index contributed by atoms with van der Waals surface area (Å²) in [5, 5.41) is 13.8. The number of anilines is 12. The van der Waals surface area contributed by atoms with Crippen molar-refractivity contribution in [3.8, 4) is 0 Å². The Labute approximate surface area is 722 Å². The van der Waals surface area contributed by atoms with E-state index in [9.17, 15) is 0 Å². The van der Waals surface area contributed by atoms with Gasteiger partial charge in [-0.05, 0) is 327 Å². The van der Waals surface area contributed by atoms with Gasteiger partial charge in [0.2, 0.25) is 0 Å². The predicted molar refractivity (Wildman–Crippen MR) is 527 cm³/mol. The summed E-state index contributed by atoms with van der Waals surface area (Å²) in [4.78, 5) is 9.46.